The van der Waals surface area contributed by atoms with Crippen molar-refractivity contribution in [2.75, 3.05) is 0 Å². The normalized spacial score (nSPS) is 9.12. The van der Waals surface area contributed by atoms with Gasteiger partial charge in [0.25, 0.3) is 0 Å². The number of halogens is 1. The Kier molecular flexibility index (Phi) is 1.51. The van der Waals surface area contributed by atoms with Crippen LogP contribution in [0.2, 0.25) is 0 Å². The molecule has 0 fully saturated rings. The lowest BCUT2D eigenvalue weighted by atomic mass is 10.5. The summed E-state index contributed by atoms with van der Waals surface area (Å²) in [6.07, 6.45) is 4.38. The summed E-state index contributed by atoms with van der Waals surface area (Å²) in [5.41, 5.74) is 0.382. The highest BCUT2D eigenvalue weighted by Gasteiger charge is 1.86. The first-order valence-electron chi connectivity index (χ1n) is 2.24. The van der Waals surface area contributed by atoms with Crippen molar-refractivity contribution in [2.24, 2.45) is 0 Å². The van der Waals surface area contributed by atoms with Crippen molar-refractivity contribution in [3.05, 3.63) is 24.3 Å². The van der Waals surface area contributed by atoms with E-state index in [1.807, 2.05) is 0 Å². The lowest BCUT2D eigenvalue weighted by Gasteiger charge is -1.85. The summed E-state index contributed by atoms with van der Waals surface area (Å²) >= 11 is 0. The van der Waals surface area contributed by atoms with Crippen LogP contribution >= 0.6 is 0 Å². The van der Waals surface area contributed by atoms with E-state index in [1.165, 1.54) is 18.6 Å². The number of rotatable bonds is 1. The maximum Gasteiger partial charge on any atom is 0.133 e. The van der Waals surface area contributed by atoms with E-state index in [0.717, 1.165) is 0 Å². The van der Waals surface area contributed by atoms with Gasteiger partial charge in [-0.05, 0) is 0 Å². The van der Waals surface area contributed by atoms with Crippen molar-refractivity contribution in [1.82, 2.24) is 9.97 Å². The summed E-state index contributed by atoms with van der Waals surface area (Å²) in [6.45, 7) is -0.534. The summed E-state index contributed by atoms with van der Waals surface area (Å²) in [4.78, 5) is 7.31. The second kappa shape index (κ2) is 2.35. The summed E-state index contributed by atoms with van der Waals surface area (Å²) in [6, 6.07) is 0. The molecule has 0 aromatic carbocycles. The molecular formula is C5H5FN2. The van der Waals surface area contributed by atoms with Crippen LogP contribution in [0.1, 0.15) is 5.69 Å². The summed E-state index contributed by atoms with van der Waals surface area (Å²) in [7, 11) is 0. The van der Waals surface area contributed by atoms with Gasteiger partial charge in [-0.3, -0.25) is 9.97 Å². The number of nitrogens with zero attached hydrogens (tertiary/aromatic N) is 2. The second-order valence-corrected chi connectivity index (χ2v) is 1.33. The van der Waals surface area contributed by atoms with E-state index < -0.39 is 6.67 Å². The minimum atomic E-state index is -0.534. The van der Waals surface area contributed by atoms with Crippen molar-refractivity contribution < 1.29 is 4.39 Å². The van der Waals surface area contributed by atoms with Gasteiger partial charge in [-0.25, -0.2) is 4.39 Å². The first-order chi connectivity index (χ1) is 3.93. The van der Waals surface area contributed by atoms with Gasteiger partial charge < -0.3 is 0 Å². The van der Waals surface area contributed by atoms with Crippen molar-refractivity contribution >= 4 is 0 Å². The van der Waals surface area contributed by atoms with Gasteiger partial charge >= 0.3 is 0 Å². The van der Waals surface area contributed by atoms with Crippen LogP contribution in [-0.4, -0.2) is 9.97 Å². The van der Waals surface area contributed by atoms with Crippen LogP contribution in [0.4, 0.5) is 4.39 Å². The third kappa shape index (κ3) is 0.992. The molecule has 2 nitrogen and oxygen atoms in total. The third-order valence-corrected chi connectivity index (χ3v) is 0.754. The van der Waals surface area contributed by atoms with Gasteiger partial charge in [0.05, 0.1) is 11.9 Å². The molecule has 0 N–H and O–H groups in total. The molecule has 0 radical (unpaired) electrons. The largest absolute Gasteiger partial charge is 0.261 e. The molecule has 1 aromatic rings. The number of hydrogen-bond donors (Lipinski definition) is 0. The monoisotopic (exact) mass is 112 g/mol. The van der Waals surface area contributed by atoms with Crippen LogP contribution in [0.15, 0.2) is 18.6 Å². The van der Waals surface area contributed by atoms with Gasteiger partial charge in [0, 0.05) is 12.4 Å². The first kappa shape index (κ1) is 5.15. The number of alkyl halides is 1. The van der Waals surface area contributed by atoms with Crippen LogP contribution < -0.4 is 0 Å². The predicted octanol–water partition coefficient (Wildman–Crippen LogP) is 0.946. The van der Waals surface area contributed by atoms with Gasteiger partial charge in [0.15, 0.2) is 0 Å². The minimum absolute atomic E-state index is 0.382. The van der Waals surface area contributed by atoms with E-state index in [-0.39, 0.29) is 0 Å². The quantitative estimate of drug-likeness (QED) is 0.540. The summed E-state index contributed by atoms with van der Waals surface area (Å²) in [5, 5.41) is 0. The molecule has 0 bridgehead atoms. The molecule has 1 heterocycles. The van der Waals surface area contributed by atoms with Gasteiger partial charge in [0.2, 0.25) is 0 Å². The Bertz CT molecular complexity index is 152. The fourth-order valence-corrected chi connectivity index (χ4v) is 0.399. The molecule has 0 aliphatic carbocycles. The van der Waals surface area contributed by atoms with Crippen molar-refractivity contribution in [2.45, 2.75) is 6.67 Å². The number of hydrogen-bond acceptors (Lipinski definition) is 2. The average molecular weight is 112 g/mol. The van der Waals surface area contributed by atoms with Crippen LogP contribution in [0.3, 0.4) is 0 Å². The molecule has 0 unspecified atom stereocenters. The Hall–Kier alpha value is -0.990. The lowest BCUT2D eigenvalue weighted by molar-refractivity contribution is 0.474. The van der Waals surface area contributed by atoms with Crippen molar-refractivity contribution in [1.29, 1.82) is 0 Å². The SMILES string of the molecule is FCc1cnccn1. The highest BCUT2D eigenvalue weighted by molar-refractivity contribution is 4.91. The molecule has 0 saturated heterocycles. The molecule has 8 heavy (non-hydrogen) atoms. The van der Waals surface area contributed by atoms with Crippen molar-refractivity contribution in [3.63, 3.8) is 0 Å². The molecule has 0 spiro atoms. The van der Waals surface area contributed by atoms with E-state index in [0.29, 0.717) is 5.69 Å². The molecule has 0 aliphatic rings. The molecule has 0 saturated carbocycles. The molecule has 42 valence electrons. The Labute approximate surface area is 46.4 Å². The predicted molar refractivity (Wildman–Crippen MR) is 26.8 cm³/mol. The first-order valence-corrected chi connectivity index (χ1v) is 2.24. The third-order valence-electron chi connectivity index (χ3n) is 0.754. The summed E-state index contributed by atoms with van der Waals surface area (Å²) < 4.78 is 11.6. The maximum atomic E-state index is 11.6. The highest BCUT2D eigenvalue weighted by Crippen LogP contribution is 1.89. The second-order valence-electron chi connectivity index (χ2n) is 1.33. The summed E-state index contributed by atoms with van der Waals surface area (Å²) in [5.74, 6) is 0. The van der Waals surface area contributed by atoms with Gasteiger partial charge in [-0.2, -0.15) is 0 Å². The fraction of sp³-hybridized carbons (Fsp3) is 0.200. The zero-order valence-electron chi connectivity index (χ0n) is 4.21. The topological polar surface area (TPSA) is 25.8 Å². The minimum Gasteiger partial charge on any atom is -0.261 e. The van der Waals surface area contributed by atoms with Gasteiger partial charge in [0.1, 0.15) is 6.67 Å². The zero-order chi connectivity index (χ0) is 5.82. The Morgan fingerprint density at radius 2 is 2.38 bits per heavy atom. The van der Waals surface area contributed by atoms with E-state index in [1.54, 1.807) is 0 Å². The smallest absolute Gasteiger partial charge is 0.133 e. The number of aromatic nitrogens is 2. The molecular weight excluding hydrogens is 107 g/mol. The van der Waals surface area contributed by atoms with Crippen LogP contribution in [0, 0.1) is 0 Å². The van der Waals surface area contributed by atoms with E-state index >= 15 is 0 Å². The standard InChI is InChI=1S/C5H5FN2/c6-3-5-4-7-1-2-8-5/h1-2,4H,3H2. The van der Waals surface area contributed by atoms with Crippen molar-refractivity contribution in [3.8, 4) is 0 Å². The molecule has 0 aliphatic heterocycles. The maximum absolute atomic E-state index is 11.6. The van der Waals surface area contributed by atoms with E-state index in [2.05, 4.69) is 9.97 Å². The van der Waals surface area contributed by atoms with E-state index in [9.17, 15) is 4.39 Å². The Morgan fingerprint density at radius 1 is 1.50 bits per heavy atom. The van der Waals surface area contributed by atoms with Crippen LogP contribution in [-0.2, 0) is 6.67 Å². The molecule has 1 rings (SSSR count). The van der Waals surface area contributed by atoms with Gasteiger partial charge in [-0.15, -0.1) is 0 Å². The highest BCUT2D eigenvalue weighted by atomic mass is 19.1. The molecule has 0 amide bonds. The van der Waals surface area contributed by atoms with Gasteiger partial charge in [-0.1, -0.05) is 0 Å². The Balaban J connectivity index is 2.83. The molecule has 0 atom stereocenters. The van der Waals surface area contributed by atoms with E-state index in [4.69, 9.17) is 0 Å². The zero-order valence-corrected chi connectivity index (χ0v) is 4.21. The van der Waals surface area contributed by atoms with Crippen LogP contribution in [0.25, 0.3) is 0 Å². The lowest BCUT2D eigenvalue weighted by Crippen LogP contribution is -1.83. The van der Waals surface area contributed by atoms with Crippen LogP contribution in [0.5, 0.6) is 0 Å². The Morgan fingerprint density at radius 3 is 2.75 bits per heavy atom. The average Bonchev–Trinajstić information content (AvgIpc) is 1.90. The molecule has 3 heteroatoms. The molecule has 1 aromatic heterocycles. The fourth-order valence-electron chi connectivity index (χ4n) is 0.399.